The number of hydrogen-bond acceptors (Lipinski definition) is 2. The van der Waals surface area contributed by atoms with Crippen LogP contribution in [-0.4, -0.2) is 11.3 Å². The van der Waals surface area contributed by atoms with Crippen molar-refractivity contribution < 1.29 is 4.79 Å². The zero-order valence-electron chi connectivity index (χ0n) is 9.21. The van der Waals surface area contributed by atoms with E-state index < -0.39 is 0 Å². The van der Waals surface area contributed by atoms with E-state index in [2.05, 4.69) is 4.98 Å². The highest BCUT2D eigenvalue weighted by Crippen LogP contribution is 2.23. The van der Waals surface area contributed by atoms with Crippen molar-refractivity contribution in [3.63, 3.8) is 0 Å². The van der Waals surface area contributed by atoms with Crippen LogP contribution in [0.1, 0.15) is 17.0 Å². The van der Waals surface area contributed by atoms with E-state index in [1.807, 2.05) is 36.4 Å². The van der Waals surface area contributed by atoms with Gasteiger partial charge < -0.3 is 4.79 Å². The van der Waals surface area contributed by atoms with Gasteiger partial charge in [-0.05, 0) is 29.7 Å². The van der Waals surface area contributed by atoms with Gasteiger partial charge in [0, 0.05) is 23.3 Å². The zero-order valence-corrected chi connectivity index (χ0v) is 9.97. The quantitative estimate of drug-likeness (QED) is 0.774. The Kier molecular flexibility index (Phi) is 3.89. The van der Waals surface area contributed by atoms with Gasteiger partial charge in [-0.2, -0.15) is 0 Å². The van der Waals surface area contributed by atoms with Gasteiger partial charge in [-0.3, -0.25) is 4.98 Å². The van der Waals surface area contributed by atoms with Crippen LogP contribution in [0.2, 0.25) is 5.02 Å². The summed E-state index contributed by atoms with van der Waals surface area (Å²) < 4.78 is 0. The lowest BCUT2D eigenvalue weighted by Crippen LogP contribution is -2.05. The van der Waals surface area contributed by atoms with Crippen LogP contribution in [0, 0.1) is 0 Å². The van der Waals surface area contributed by atoms with Gasteiger partial charge in [-0.1, -0.05) is 35.9 Å². The molecule has 0 spiro atoms. The summed E-state index contributed by atoms with van der Waals surface area (Å²) in [5.74, 6) is -0.191. The second kappa shape index (κ2) is 5.60. The summed E-state index contributed by atoms with van der Waals surface area (Å²) >= 11 is 6.08. The number of aldehydes is 1. The number of rotatable bonds is 4. The summed E-state index contributed by atoms with van der Waals surface area (Å²) in [4.78, 5) is 15.2. The molecule has 3 heteroatoms. The Labute approximate surface area is 105 Å². The van der Waals surface area contributed by atoms with Gasteiger partial charge in [0.15, 0.2) is 0 Å². The smallest absolute Gasteiger partial charge is 0.127 e. The van der Waals surface area contributed by atoms with Crippen molar-refractivity contribution in [2.75, 3.05) is 0 Å². The second-order valence-corrected chi connectivity index (χ2v) is 4.23. The first kappa shape index (κ1) is 11.8. The third-order valence-electron chi connectivity index (χ3n) is 2.67. The summed E-state index contributed by atoms with van der Waals surface area (Å²) in [6.45, 7) is 0. The molecule has 0 saturated carbocycles. The summed E-state index contributed by atoms with van der Waals surface area (Å²) in [5.41, 5.74) is 1.90. The highest BCUT2D eigenvalue weighted by atomic mass is 35.5. The van der Waals surface area contributed by atoms with Crippen molar-refractivity contribution in [3.8, 4) is 0 Å². The van der Waals surface area contributed by atoms with Crippen LogP contribution in [0.3, 0.4) is 0 Å². The molecule has 1 heterocycles. The van der Waals surface area contributed by atoms with E-state index in [4.69, 9.17) is 11.6 Å². The summed E-state index contributed by atoms with van der Waals surface area (Å²) in [6.07, 6.45) is 4.96. The van der Waals surface area contributed by atoms with Crippen LogP contribution in [-0.2, 0) is 11.2 Å². The first-order chi connectivity index (χ1) is 8.31. The van der Waals surface area contributed by atoms with Gasteiger partial charge in [0.25, 0.3) is 0 Å². The van der Waals surface area contributed by atoms with Gasteiger partial charge in [-0.25, -0.2) is 0 Å². The third kappa shape index (κ3) is 2.92. The molecular formula is C14H12ClNO. The van der Waals surface area contributed by atoms with Crippen molar-refractivity contribution in [1.29, 1.82) is 0 Å². The number of benzene rings is 1. The Morgan fingerprint density at radius 3 is 2.71 bits per heavy atom. The lowest BCUT2D eigenvalue weighted by molar-refractivity contribution is -0.109. The molecule has 1 unspecified atom stereocenters. The minimum Gasteiger partial charge on any atom is -0.303 e. The fourth-order valence-electron chi connectivity index (χ4n) is 1.74. The molecule has 1 aromatic heterocycles. The van der Waals surface area contributed by atoms with Crippen LogP contribution in [0.15, 0.2) is 48.8 Å². The fourth-order valence-corrected chi connectivity index (χ4v) is 1.95. The fraction of sp³-hybridized carbons (Fsp3) is 0.143. The molecule has 2 aromatic rings. The van der Waals surface area contributed by atoms with E-state index in [0.717, 1.165) is 17.4 Å². The molecule has 0 aliphatic rings. The van der Waals surface area contributed by atoms with Gasteiger partial charge in [-0.15, -0.1) is 0 Å². The molecule has 1 atom stereocenters. The molecule has 0 N–H and O–H groups in total. The monoisotopic (exact) mass is 245 g/mol. The number of pyridine rings is 1. The van der Waals surface area contributed by atoms with Crippen molar-refractivity contribution in [2.45, 2.75) is 12.3 Å². The second-order valence-electron chi connectivity index (χ2n) is 3.82. The molecule has 0 aliphatic heterocycles. The predicted molar refractivity (Wildman–Crippen MR) is 68.2 cm³/mol. The molecule has 2 nitrogen and oxygen atoms in total. The van der Waals surface area contributed by atoms with E-state index in [-0.39, 0.29) is 5.92 Å². The zero-order chi connectivity index (χ0) is 12.1. The van der Waals surface area contributed by atoms with Crippen LogP contribution in [0.25, 0.3) is 0 Å². The lowest BCUT2D eigenvalue weighted by Gasteiger charge is -2.11. The van der Waals surface area contributed by atoms with E-state index in [9.17, 15) is 4.79 Å². The maximum Gasteiger partial charge on any atom is 0.127 e. The topological polar surface area (TPSA) is 30.0 Å². The normalized spacial score (nSPS) is 12.1. The SMILES string of the molecule is O=CC(Cc1ccccc1Cl)c1cccnc1. The van der Waals surface area contributed by atoms with Crippen molar-refractivity contribution >= 4 is 17.9 Å². The maximum atomic E-state index is 11.2. The number of hydrogen-bond donors (Lipinski definition) is 0. The minimum atomic E-state index is -0.191. The van der Waals surface area contributed by atoms with Gasteiger partial charge in [0.2, 0.25) is 0 Å². The van der Waals surface area contributed by atoms with Crippen molar-refractivity contribution in [2.24, 2.45) is 0 Å². The molecule has 0 aliphatic carbocycles. The molecule has 2 rings (SSSR count). The third-order valence-corrected chi connectivity index (χ3v) is 3.04. The number of carbonyl (C=O) groups is 1. The van der Waals surface area contributed by atoms with Gasteiger partial charge in [0.05, 0.1) is 0 Å². The Morgan fingerprint density at radius 1 is 1.24 bits per heavy atom. The lowest BCUT2D eigenvalue weighted by atomic mass is 9.94. The first-order valence-corrected chi connectivity index (χ1v) is 5.77. The van der Waals surface area contributed by atoms with Crippen LogP contribution < -0.4 is 0 Å². The Morgan fingerprint density at radius 2 is 2.06 bits per heavy atom. The van der Waals surface area contributed by atoms with Crippen molar-refractivity contribution in [3.05, 3.63) is 64.9 Å². The van der Waals surface area contributed by atoms with E-state index in [0.29, 0.717) is 11.4 Å². The largest absolute Gasteiger partial charge is 0.303 e. The Hall–Kier alpha value is -1.67. The average Bonchev–Trinajstić information content (AvgIpc) is 2.39. The summed E-state index contributed by atoms with van der Waals surface area (Å²) in [5, 5.41) is 0.697. The molecule has 17 heavy (non-hydrogen) atoms. The molecule has 0 amide bonds. The summed E-state index contributed by atoms with van der Waals surface area (Å²) in [6, 6.07) is 11.3. The maximum absolute atomic E-state index is 11.2. The number of aromatic nitrogens is 1. The number of halogens is 1. The van der Waals surface area contributed by atoms with Crippen LogP contribution >= 0.6 is 11.6 Å². The van der Waals surface area contributed by atoms with E-state index in [1.54, 1.807) is 12.4 Å². The molecule has 0 fully saturated rings. The Bertz CT molecular complexity index is 499. The van der Waals surface area contributed by atoms with Crippen LogP contribution in [0.4, 0.5) is 0 Å². The van der Waals surface area contributed by atoms with E-state index in [1.165, 1.54) is 0 Å². The van der Waals surface area contributed by atoms with E-state index >= 15 is 0 Å². The van der Waals surface area contributed by atoms with Crippen LogP contribution in [0.5, 0.6) is 0 Å². The molecular weight excluding hydrogens is 234 g/mol. The Balaban J connectivity index is 2.22. The number of carbonyl (C=O) groups excluding carboxylic acids is 1. The standard InChI is InChI=1S/C14H12ClNO/c15-14-6-2-1-4-11(14)8-13(10-17)12-5-3-7-16-9-12/h1-7,9-10,13H,8H2. The molecule has 0 radical (unpaired) electrons. The minimum absolute atomic E-state index is 0.191. The molecule has 0 saturated heterocycles. The molecule has 0 bridgehead atoms. The predicted octanol–water partition coefficient (Wildman–Crippen LogP) is 3.26. The highest BCUT2D eigenvalue weighted by Gasteiger charge is 2.12. The first-order valence-electron chi connectivity index (χ1n) is 5.40. The van der Waals surface area contributed by atoms with Crippen molar-refractivity contribution in [1.82, 2.24) is 4.98 Å². The number of nitrogens with zero attached hydrogens (tertiary/aromatic N) is 1. The average molecular weight is 246 g/mol. The molecule has 1 aromatic carbocycles. The highest BCUT2D eigenvalue weighted by molar-refractivity contribution is 6.31. The molecule has 86 valence electrons. The summed E-state index contributed by atoms with van der Waals surface area (Å²) in [7, 11) is 0. The van der Waals surface area contributed by atoms with Gasteiger partial charge in [0.1, 0.15) is 6.29 Å². The van der Waals surface area contributed by atoms with Gasteiger partial charge >= 0.3 is 0 Å².